The van der Waals surface area contributed by atoms with Crippen LogP contribution in [-0.2, 0) is 6.42 Å². The fourth-order valence-corrected chi connectivity index (χ4v) is 2.19. The van der Waals surface area contributed by atoms with Gasteiger partial charge in [-0.3, -0.25) is 5.10 Å². The summed E-state index contributed by atoms with van der Waals surface area (Å²) < 4.78 is 1.05. The van der Waals surface area contributed by atoms with Gasteiger partial charge < -0.3 is 5.73 Å². The van der Waals surface area contributed by atoms with Crippen molar-refractivity contribution in [2.45, 2.75) is 25.8 Å². The number of rotatable bonds is 4. The smallest absolute Gasteiger partial charge is 0.0934 e. The molecule has 17 heavy (non-hydrogen) atoms. The van der Waals surface area contributed by atoms with E-state index in [4.69, 9.17) is 5.73 Å². The van der Waals surface area contributed by atoms with Gasteiger partial charge in [-0.25, -0.2) is 0 Å². The first-order chi connectivity index (χ1) is 8.20. The van der Waals surface area contributed by atoms with E-state index in [1.54, 1.807) is 0 Å². The number of aromatic amines is 1. The maximum atomic E-state index is 5.93. The summed E-state index contributed by atoms with van der Waals surface area (Å²) >= 11 is 3.53. The average Bonchev–Trinajstić information content (AvgIpc) is 2.78. The number of hydrogen-bond acceptors (Lipinski definition) is 2. The van der Waals surface area contributed by atoms with E-state index >= 15 is 0 Å². The van der Waals surface area contributed by atoms with Gasteiger partial charge in [-0.1, -0.05) is 41.1 Å². The number of nitrogens with two attached hydrogens (primary N) is 1. The van der Waals surface area contributed by atoms with E-state index in [2.05, 4.69) is 39.1 Å². The number of H-pyrrole nitrogens is 1. The van der Waals surface area contributed by atoms with Crippen molar-refractivity contribution in [1.29, 1.82) is 0 Å². The molecule has 0 aliphatic carbocycles. The first kappa shape index (κ1) is 12.3. The zero-order valence-electron chi connectivity index (χ0n) is 9.78. The van der Waals surface area contributed by atoms with Gasteiger partial charge in [0.2, 0.25) is 0 Å². The third-order valence-corrected chi connectivity index (χ3v) is 3.48. The summed E-state index contributed by atoms with van der Waals surface area (Å²) in [6.45, 7) is 2.09. The summed E-state index contributed by atoms with van der Waals surface area (Å²) in [6, 6.07) is 10.3. The van der Waals surface area contributed by atoms with Gasteiger partial charge in [0, 0.05) is 28.2 Å². The van der Waals surface area contributed by atoms with Gasteiger partial charge in [0.25, 0.3) is 0 Å². The maximum absolute atomic E-state index is 5.93. The Morgan fingerprint density at radius 3 is 2.88 bits per heavy atom. The Bertz CT molecular complexity index is 493. The number of nitrogens with one attached hydrogen (secondary N) is 1. The zero-order chi connectivity index (χ0) is 12.3. The minimum absolute atomic E-state index is 0.197. The van der Waals surface area contributed by atoms with Crippen LogP contribution >= 0.6 is 15.9 Å². The number of aromatic nitrogens is 2. The van der Waals surface area contributed by atoms with Crippen molar-refractivity contribution in [1.82, 2.24) is 10.2 Å². The minimum atomic E-state index is 0.197. The number of benzene rings is 1. The van der Waals surface area contributed by atoms with E-state index in [9.17, 15) is 0 Å². The van der Waals surface area contributed by atoms with Crippen LogP contribution in [0.3, 0.4) is 0 Å². The SMILES string of the molecule is CCC(N)Cc1cc(-c2ccccc2Br)n[nH]1. The molecule has 0 fully saturated rings. The Kier molecular flexibility index (Phi) is 3.97. The molecule has 0 saturated heterocycles. The highest BCUT2D eigenvalue weighted by molar-refractivity contribution is 9.10. The summed E-state index contributed by atoms with van der Waals surface area (Å²) in [4.78, 5) is 0. The highest BCUT2D eigenvalue weighted by atomic mass is 79.9. The second kappa shape index (κ2) is 5.47. The zero-order valence-corrected chi connectivity index (χ0v) is 11.4. The summed E-state index contributed by atoms with van der Waals surface area (Å²) in [6.07, 6.45) is 1.82. The fraction of sp³-hybridized carbons (Fsp3) is 0.308. The van der Waals surface area contributed by atoms with E-state index in [-0.39, 0.29) is 6.04 Å². The summed E-state index contributed by atoms with van der Waals surface area (Å²) in [5.41, 5.74) is 9.07. The topological polar surface area (TPSA) is 54.7 Å². The molecule has 0 spiro atoms. The molecule has 3 nitrogen and oxygen atoms in total. The highest BCUT2D eigenvalue weighted by Gasteiger charge is 2.08. The van der Waals surface area contributed by atoms with E-state index in [0.717, 1.165) is 34.3 Å². The van der Waals surface area contributed by atoms with Crippen molar-refractivity contribution in [3.8, 4) is 11.3 Å². The molecule has 0 saturated carbocycles. The van der Waals surface area contributed by atoms with Crippen molar-refractivity contribution in [2.24, 2.45) is 5.73 Å². The maximum Gasteiger partial charge on any atom is 0.0934 e. The molecule has 1 heterocycles. The Morgan fingerprint density at radius 1 is 1.41 bits per heavy atom. The summed E-state index contributed by atoms with van der Waals surface area (Å²) in [7, 11) is 0. The van der Waals surface area contributed by atoms with E-state index in [1.807, 2.05) is 24.3 Å². The summed E-state index contributed by atoms with van der Waals surface area (Å²) in [5, 5.41) is 7.37. The molecule has 0 radical (unpaired) electrons. The molecular weight excluding hydrogens is 278 g/mol. The van der Waals surface area contributed by atoms with Crippen LogP contribution in [0.25, 0.3) is 11.3 Å². The quantitative estimate of drug-likeness (QED) is 0.910. The third-order valence-electron chi connectivity index (χ3n) is 2.79. The number of nitrogens with zero attached hydrogens (tertiary/aromatic N) is 1. The lowest BCUT2D eigenvalue weighted by molar-refractivity contribution is 0.635. The van der Waals surface area contributed by atoms with Crippen LogP contribution in [0.15, 0.2) is 34.8 Å². The first-order valence-electron chi connectivity index (χ1n) is 5.75. The lowest BCUT2D eigenvalue weighted by atomic mass is 10.1. The first-order valence-corrected chi connectivity index (χ1v) is 6.54. The molecule has 90 valence electrons. The van der Waals surface area contributed by atoms with Crippen molar-refractivity contribution in [3.63, 3.8) is 0 Å². The van der Waals surface area contributed by atoms with Crippen LogP contribution < -0.4 is 5.73 Å². The molecule has 3 N–H and O–H groups in total. The molecular formula is C13H16BrN3. The molecule has 2 rings (SSSR count). The molecule has 1 atom stereocenters. The lowest BCUT2D eigenvalue weighted by Gasteiger charge is -2.04. The fourth-order valence-electron chi connectivity index (χ4n) is 1.70. The van der Waals surface area contributed by atoms with Gasteiger partial charge >= 0.3 is 0 Å². The molecule has 1 unspecified atom stereocenters. The second-order valence-electron chi connectivity index (χ2n) is 4.13. The van der Waals surface area contributed by atoms with Gasteiger partial charge in [0.05, 0.1) is 5.69 Å². The second-order valence-corrected chi connectivity index (χ2v) is 4.99. The van der Waals surface area contributed by atoms with Crippen LogP contribution in [0.5, 0.6) is 0 Å². The predicted molar refractivity (Wildman–Crippen MR) is 73.7 cm³/mol. The van der Waals surface area contributed by atoms with Gasteiger partial charge in [0.15, 0.2) is 0 Å². The third kappa shape index (κ3) is 2.96. The number of halogens is 1. The van der Waals surface area contributed by atoms with Gasteiger partial charge in [-0.05, 0) is 18.6 Å². The molecule has 1 aromatic carbocycles. The molecule has 1 aromatic heterocycles. The van der Waals surface area contributed by atoms with Crippen LogP contribution in [0.2, 0.25) is 0 Å². The molecule has 0 bridgehead atoms. The monoisotopic (exact) mass is 293 g/mol. The normalized spacial score (nSPS) is 12.6. The highest BCUT2D eigenvalue weighted by Crippen LogP contribution is 2.26. The Morgan fingerprint density at radius 2 is 2.18 bits per heavy atom. The van der Waals surface area contributed by atoms with Crippen LogP contribution in [0, 0.1) is 0 Å². The standard InChI is InChI=1S/C13H16BrN3/c1-2-9(15)7-10-8-13(17-16-10)11-5-3-4-6-12(11)14/h3-6,8-9H,2,7,15H2,1H3,(H,16,17). The van der Waals surface area contributed by atoms with Crippen LogP contribution in [0.4, 0.5) is 0 Å². The summed E-state index contributed by atoms with van der Waals surface area (Å²) in [5.74, 6) is 0. The Labute approximate surface area is 110 Å². The van der Waals surface area contributed by atoms with Crippen molar-refractivity contribution in [2.75, 3.05) is 0 Å². The molecule has 2 aromatic rings. The van der Waals surface area contributed by atoms with Crippen LogP contribution in [-0.4, -0.2) is 16.2 Å². The largest absolute Gasteiger partial charge is 0.327 e. The number of hydrogen-bond donors (Lipinski definition) is 2. The van der Waals surface area contributed by atoms with Gasteiger partial charge in [-0.2, -0.15) is 5.10 Å². The van der Waals surface area contributed by atoms with E-state index in [0.29, 0.717) is 0 Å². The average molecular weight is 294 g/mol. The predicted octanol–water partition coefficient (Wildman–Crippen LogP) is 3.12. The molecule has 4 heteroatoms. The van der Waals surface area contributed by atoms with Crippen LogP contribution in [0.1, 0.15) is 19.0 Å². The van der Waals surface area contributed by atoms with Crippen molar-refractivity contribution in [3.05, 3.63) is 40.5 Å². The Balaban J connectivity index is 2.21. The van der Waals surface area contributed by atoms with Crippen molar-refractivity contribution < 1.29 is 0 Å². The van der Waals surface area contributed by atoms with Gasteiger partial charge in [-0.15, -0.1) is 0 Å². The van der Waals surface area contributed by atoms with Gasteiger partial charge in [0.1, 0.15) is 0 Å². The minimum Gasteiger partial charge on any atom is -0.327 e. The molecule has 0 aliphatic rings. The van der Waals surface area contributed by atoms with E-state index in [1.165, 1.54) is 0 Å². The lowest BCUT2D eigenvalue weighted by Crippen LogP contribution is -2.21. The van der Waals surface area contributed by atoms with Crippen molar-refractivity contribution >= 4 is 15.9 Å². The van der Waals surface area contributed by atoms with E-state index < -0.39 is 0 Å². The molecule has 0 amide bonds. The Hall–Kier alpha value is -1.13. The molecule has 0 aliphatic heterocycles.